The SMILES string of the molecule is CC(=O)[C@@H]1CCC(C)(C)C1. The van der Waals surface area contributed by atoms with Crippen LogP contribution < -0.4 is 0 Å². The summed E-state index contributed by atoms with van der Waals surface area (Å²) in [5, 5.41) is 0. The van der Waals surface area contributed by atoms with Gasteiger partial charge in [0.1, 0.15) is 5.78 Å². The van der Waals surface area contributed by atoms with E-state index in [0.717, 1.165) is 12.8 Å². The third-order valence-electron chi connectivity index (χ3n) is 2.54. The van der Waals surface area contributed by atoms with Crippen LogP contribution in [-0.4, -0.2) is 5.78 Å². The molecule has 0 aromatic carbocycles. The van der Waals surface area contributed by atoms with Gasteiger partial charge in [0.15, 0.2) is 0 Å². The number of hydrogen-bond acceptors (Lipinski definition) is 1. The maximum atomic E-state index is 10.9. The summed E-state index contributed by atoms with van der Waals surface area (Å²) >= 11 is 0. The van der Waals surface area contributed by atoms with Crippen LogP contribution in [0.2, 0.25) is 0 Å². The molecule has 1 fully saturated rings. The molecule has 1 nitrogen and oxygen atoms in total. The van der Waals surface area contributed by atoms with Gasteiger partial charge in [-0.25, -0.2) is 0 Å². The van der Waals surface area contributed by atoms with Gasteiger partial charge in [0.25, 0.3) is 0 Å². The third-order valence-corrected chi connectivity index (χ3v) is 2.54. The monoisotopic (exact) mass is 140 g/mol. The van der Waals surface area contributed by atoms with E-state index in [1.807, 2.05) is 0 Å². The number of carbonyl (C=O) groups excluding carboxylic acids is 1. The van der Waals surface area contributed by atoms with Crippen molar-refractivity contribution in [1.29, 1.82) is 0 Å². The minimum atomic E-state index is 0.370. The van der Waals surface area contributed by atoms with E-state index < -0.39 is 0 Å². The Hall–Kier alpha value is -0.330. The molecule has 1 atom stereocenters. The molecule has 0 bridgehead atoms. The maximum absolute atomic E-state index is 10.9. The lowest BCUT2D eigenvalue weighted by Crippen LogP contribution is -2.10. The van der Waals surface area contributed by atoms with Gasteiger partial charge in [-0.05, 0) is 31.6 Å². The van der Waals surface area contributed by atoms with Crippen molar-refractivity contribution in [3.8, 4) is 0 Å². The quantitative estimate of drug-likeness (QED) is 0.546. The van der Waals surface area contributed by atoms with E-state index in [1.165, 1.54) is 6.42 Å². The fourth-order valence-electron chi connectivity index (χ4n) is 1.78. The van der Waals surface area contributed by atoms with Crippen LogP contribution in [0.3, 0.4) is 0 Å². The van der Waals surface area contributed by atoms with Crippen molar-refractivity contribution in [2.75, 3.05) is 0 Å². The first kappa shape index (κ1) is 7.77. The van der Waals surface area contributed by atoms with Gasteiger partial charge in [-0.3, -0.25) is 4.79 Å². The van der Waals surface area contributed by atoms with Crippen LogP contribution in [0.1, 0.15) is 40.0 Å². The Labute approximate surface area is 62.8 Å². The lowest BCUT2D eigenvalue weighted by Gasteiger charge is -2.15. The minimum absolute atomic E-state index is 0.370. The van der Waals surface area contributed by atoms with E-state index in [1.54, 1.807) is 6.92 Å². The molecule has 0 spiro atoms. The zero-order valence-electron chi connectivity index (χ0n) is 7.11. The molecule has 0 unspecified atom stereocenters. The van der Waals surface area contributed by atoms with Crippen molar-refractivity contribution >= 4 is 5.78 Å². The summed E-state index contributed by atoms with van der Waals surface area (Å²) in [4.78, 5) is 10.9. The zero-order chi connectivity index (χ0) is 7.78. The van der Waals surface area contributed by atoms with E-state index >= 15 is 0 Å². The van der Waals surface area contributed by atoms with Crippen LogP contribution in [-0.2, 0) is 4.79 Å². The molecule has 0 aromatic rings. The Morgan fingerprint density at radius 1 is 1.50 bits per heavy atom. The fraction of sp³-hybridized carbons (Fsp3) is 0.889. The number of ketones is 1. The second-order valence-corrected chi connectivity index (χ2v) is 4.21. The second-order valence-electron chi connectivity index (χ2n) is 4.21. The molecule has 0 N–H and O–H groups in total. The van der Waals surface area contributed by atoms with Gasteiger partial charge >= 0.3 is 0 Å². The molecule has 0 radical (unpaired) electrons. The average molecular weight is 140 g/mol. The molecular formula is C9H16O. The van der Waals surface area contributed by atoms with Gasteiger partial charge in [-0.2, -0.15) is 0 Å². The normalized spacial score (nSPS) is 30.5. The minimum Gasteiger partial charge on any atom is -0.300 e. The average Bonchev–Trinajstić information content (AvgIpc) is 2.10. The molecule has 0 aromatic heterocycles. The molecular weight excluding hydrogens is 124 g/mol. The smallest absolute Gasteiger partial charge is 0.132 e. The highest BCUT2D eigenvalue weighted by atomic mass is 16.1. The van der Waals surface area contributed by atoms with Crippen molar-refractivity contribution < 1.29 is 4.79 Å². The van der Waals surface area contributed by atoms with Gasteiger partial charge in [-0.15, -0.1) is 0 Å². The summed E-state index contributed by atoms with van der Waals surface area (Å²) in [6.07, 6.45) is 3.43. The van der Waals surface area contributed by atoms with Gasteiger partial charge < -0.3 is 0 Å². The fourth-order valence-corrected chi connectivity index (χ4v) is 1.78. The summed E-state index contributed by atoms with van der Waals surface area (Å²) in [5.74, 6) is 0.751. The van der Waals surface area contributed by atoms with Crippen molar-refractivity contribution in [3.05, 3.63) is 0 Å². The van der Waals surface area contributed by atoms with E-state index in [-0.39, 0.29) is 0 Å². The maximum Gasteiger partial charge on any atom is 0.132 e. The summed E-state index contributed by atoms with van der Waals surface area (Å²) in [6, 6.07) is 0. The molecule has 0 amide bonds. The first-order chi connectivity index (χ1) is 4.51. The molecule has 58 valence electrons. The Balaban J connectivity index is 2.51. The molecule has 0 saturated heterocycles. The lowest BCUT2D eigenvalue weighted by molar-refractivity contribution is -0.120. The van der Waals surface area contributed by atoms with E-state index in [4.69, 9.17) is 0 Å². The predicted octanol–water partition coefficient (Wildman–Crippen LogP) is 2.40. The largest absolute Gasteiger partial charge is 0.300 e. The predicted molar refractivity (Wildman–Crippen MR) is 41.8 cm³/mol. The second kappa shape index (κ2) is 2.37. The topological polar surface area (TPSA) is 17.1 Å². The van der Waals surface area contributed by atoms with E-state index in [2.05, 4.69) is 13.8 Å². The van der Waals surface area contributed by atoms with Crippen molar-refractivity contribution in [2.45, 2.75) is 40.0 Å². The first-order valence-electron chi connectivity index (χ1n) is 4.02. The van der Waals surface area contributed by atoms with Crippen molar-refractivity contribution in [3.63, 3.8) is 0 Å². The van der Waals surface area contributed by atoms with Crippen molar-refractivity contribution in [1.82, 2.24) is 0 Å². The summed E-state index contributed by atoms with van der Waals surface area (Å²) in [6.45, 7) is 6.21. The van der Waals surface area contributed by atoms with Gasteiger partial charge in [0.2, 0.25) is 0 Å². The molecule has 0 heterocycles. The summed E-state index contributed by atoms with van der Waals surface area (Å²) in [5.41, 5.74) is 0.427. The summed E-state index contributed by atoms with van der Waals surface area (Å²) in [7, 11) is 0. The molecule has 1 aliphatic rings. The zero-order valence-corrected chi connectivity index (χ0v) is 7.11. The Bertz CT molecular complexity index is 147. The van der Waals surface area contributed by atoms with Crippen LogP contribution in [0.4, 0.5) is 0 Å². The highest BCUT2D eigenvalue weighted by molar-refractivity contribution is 5.78. The summed E-state index contributed by atoms with van der Waals surface area (Å²) < 4.78 is 0. The van der Waals surface area contributed by atoms with Gasteiger partial charge in [-0.1, -0.05) is 13.8 Å². The third kappa shape index (κ3) is 1.59. The van der Waals surface area contributed by atoms with Crippen LogP contribution in [0, 0.1) is 11.3 Å². The molecule has 1 heteroatoms. The molecule has 1 rings (SSSR count). The molecule has 0 aliphatic heterocycles. The van der Waals surface area contributed by atoms with Crippen molar-refractivity contribution in [2.24, 2.45) is 11.3 Å². The molecule has 10 heavy (non-hydrogen) atoms. The Morgan fingerprint density at radius 2 is 2.10 bits per heavy atom. The van der Waals surface area contributed by atoms with Gasteiger partial charge in [0, 0.05) is 5.92 Å². The number of rotatable bonds is 1. The highest BCUT2D eigenvalue weighted by Gasteiger charge is 2.32. The number of hydrogen-bond donors (Lipinski definition) is 0. The van der Waals surface area contributed by atoms with Crippen LogP contribution in [0.5, 0.6) is 0 Å². The number of carbonyl (C=O) groups is 1. The Morgan fingerprint density at radius 3 is 2.30 bits per heavy atom. The molecule has 1 saturated carbocycles. The van der Waals surface area contributed by atoms with Crippen LogP contribution >= 0.6 is 0 Å². The standard InChI is InChI=1S/C9H16O/c1-7(10)8-4-5-9(2,3)6-8/h8H,4-6H2,1-3H3/t8-/m1/s1. The number of Topliss-reactive ketones (excluding diaryl/α,β-unsaturated/α-hetero) is 1. The first-order valence-corrected chi connectivity index (χ1v) is 4.02. The lowest BCUT2D eigenvalue weighted by atomic mass is 9.90. The Kier molecular flexibility index (Phi) is 1.84. The highest BCUT2D eigenvalue weighted by Crippen LogP contribution is 2.40. The van der Waals surface area contributed by atoms with E-state index in [9.17, 15) is 4.79 Å². The van der Waals surface area contributed by atoms with Crippen LogP contribution in [0.15, 0.2) is 0 Å². The van der Waals surface area contributed by atoms with Crippen LogP contribution in [0.25, 0.3) is 0 Å². The van der Waals surface area contributed by atoms with Gasteiger partial charge in [0.05, 0.1) is 0 Å². The van der Waals surface area contributed by atoms with E-state index in [0.29, 0.717) is 17.1 Å². The molecule has 1 aliphatic carbocycles.